The first-order chi connectivity index (χ1) is 7.48. The number of rotatable bonds is 1. The minimum absolute atomic E-state index is 0.00125. The van der Waals surface area contributed by atoms with Gasteiger partial charge in [0.15, 0.2) is 0 Å². The first kappa shape index (κ1) is 11.4. The Labute approximate surface area is 94.8 Å². The number of amides is 2. The minimum Gasteiger partial charge on any atom is -0.390 e. The predicted octanol–water partition coefficient (Wildman–Crippen LogP) is -0.362. The lowest BCUT2D eigenvalue weighted by atomic mass is 9.93. The summed E-state index contributed by atoms with van der Waals surface area (Å²) in [7, 11) is 0. The Kier molecular flexibility index (Phi) is 2.88. The van der Waals surface area contributed by atoms with Crippen LogP contribution >= 0.6 is 0 Å². The van der Waals surface area contributed by atoms with Crippen LogP contribution in [0.1, 0.15) is 32.6 Å². The molecule has 90 valence electrons. The fraction of sp³-hybridized carbons (Fsp3) is 0.818. The molecule has 2 N–H and O–H groups in total. The highest BCUT2D eigenvalue weighted by Crippen LogP contribution is 2.22. The molecule has 1 atom stereocenters. The molecular formula is C11H18N2O3. The van der Waals surface area contributed by atoms with Gasteiger partial charge in [-0.25, -0.2) is 0 Å². The van der Waals surface area contributed by atoms with Crippen LogP contribution in [0.4, 0.5) is 0 Å². The summed E-state index contributed by atoms with van der Waals surface area (Å²) in [5.74, 6) is -0.0382. The summed E-state index contributed by atoms with van der Waals surface area (Å²) < 4.78 is 0. The maximum atomic E-state index is 12.0. The third-order valence-corrected chi connectivity index (χ3v) is 3.45. The Morgan fingerprint density at radius 1 is 1.50 bits per heavy atom. The maximum absolute atomic E-state index is 12.0. The minimum atomic E-state index is -0.643. The summed E-state index contributed by atoms with van der Waals surface area (Å²) in [5, 5.41) is 12.5. The van der Waals surface area contributed by atoms with Gasteiger partial charge in [-0.15, -0.1) is 0 Å². The van der Waals surface area contributed by atoms with Gasteiger partial charge in [0.25, 0.3) is 0 Å². The number of carbonyl (C=O) groups is 2. The molecule has 5 nitrogen and oxygen atoms in total. The second-order valence-electron chi connectivity index (χ2n) is 4.98. The van der Waals surface area contributed by atoms with Crippen LogP contribution in [0.25, 0.3) is 0 Å². The van der Waals surface area contributed by atoms with E-state index in [-0.39, 0.29) is 17.9 Å². The number of hydrogen-bond donors (Lipinski definition) is 2. The molecule has 1 unspecified atom stereocenters. The fourth-order valence-electron chi connectivity index (χ4n) is 2.23. The molecule has 2 heterocycles. The molecule has 0 radical (unpaired) electrons. The van der Waals surface area contributed by atoms with Crippen LogP contribution < -0.4 is 5.32 Å². The van der Waals surface area contributed by atoms with Crippen LogP contribution in [-0.2, 0) is 9.59 Å². The van der Waals surface area contributed by atoms with Gasteiger partial charge in [-0.3, -0.25) is 9.59 Å². The summed E-state index contributed by atoms with van der Waals surface area (Å²) >= 11 is 0. The molecule has 16 heavy (non-hydrogen) atoms. The zero-order valence-electron chi connectivity index (χ0n) is 9.53. The SMILES string of the molecule is CC1(O)CCN(C(=O)C2CCC(=O)N2)CC1. The monoisotopic (exact) mass is 226 g/mol. The van der Waals surface area contributed by atoms with Crippen molar-refractivity contribution in [3.05, 3.63) is 0 Å². The van der Waals surface area contributed by atoms with Crippen molar-refractivity contribution in [1.82, 2.24) is 10.2 Å². The molecule has 5 heteroatoms. The van der Waals surface area contributed by atoms with Gasteiger partial charge in [0, 0.05) is 19.5 Å². The van der Waals surface area contributed by atoms with Crippen molar-refractivity contribution >= 4 is 11.8 Å². The van der Waals surface area contributed by atoms with E-state index in [1.54, 1.807) is 11.8 Å². The van der Waals surface area contributed by atoms with Crippen molar-refractivity contribution < 1.29 is 14.7 Å². The Bertz CT molecular complexity index is 304. The highest BCUT2D eigenvalue weighted by atomic mass is 16.3. The molecule has 0 aromatic carbocycles. The average Bonchev–Trinajstić information content (AvgIpc) is 2.64. The first-order valence-electron chi connectivity index (χ1n) is 5.78. The van der Waals surface area contributed by atoms with Crippen LogP contribution in [0.5, 0.6) is 0 Å². The highest BCUT2D eigenvalue weighted by Gasteiger charge is 2.35. The third-order valence-electron chi connectivity index (χ3n) is 3.45. The number of likely N-dealkylation sites (tertiary alicyclic amines) is 1. The maximum Gasteiger partial charge on any atom is 0.245 e. The smallest absolute Gasteiger partial charge is 0.245 e. The fourth-order valence-corrected chi connectivity index (χ4v) is 2.23. The summed E-state index contributed by atoms with van der Waals surface area (Å²) in [6.45, 7) is 2.96. The molecular weight excluding hydrogens is 208 g/mol. The highest BCUT2D eigenvalue weighted by molar-refractivity contribution is 5.90. The number of nitrogens with one attached hydrogen (secondary N) is 1. The van der Waals surface area contributed by atoms with Crippen molar-refractivity contribution in [2.24, 2.45) is 0 Å². The van der Waals surface area contributed by atoms with E-state index in [2.05, 4.69) is 5.32 Å². The van der Waals surface area contributed by atoms with Crippen LogP contribution in [-0.4, -0.2) is 46.6 Å². The summed E-state index contributed by atoms with van der Waals surface area (Å²) in [4.78, 5) is 24.8. The van der Waals surface area contributed by atoms with E-state index in [0.29, 0.717) is 38.8 Å². The second kappa shape index (κ2) is 4.05. The third kappa shape index (κ3) is 2.35. The normalized spacial score (nSPS) is 29.0. The molecule has 2 rings (SSSR count). The van der Waals surface area contributed by atoms with Crippen LogP contribution in [0, 0.1) is 0 Å². The number of hydrogen-bond acceptors (Lipinski definition) is 3. The van der Waals surface area contributed by atoms with Crippen molar-refractivity contribution in [3.8, 4) is 0 Å². The Hall–Kier alpha value is -1.10. The largest absolute Gasteiger partial charge is 0.390 e. The van der Waals surface area contributed by atoms with Crippen molar-refractivity contribution in [1.29, 1.82) is 0 Å². The van der Waals surface area contributed by atoms with Gasteiger partial charge >= 0.3 is 0 Å². The van der Waals surface area contributed by atoms with Gasteiger partial charge < -0.3 is 15.3 Å². The molecule has 0 spiro atoms. The zero-order chi connectivity index (χ0) is 11.8. The van der Waals surface area contributed by atoms with E-state index >= 15 is 0 Å². The number of aliphatic hydroxyl groups is 1. The Morgan fingerprint density at radius 3 is 2.62 bits per heavy atom. The summed E-state index contributed by atoms with van der Waals surface area (Å²) in [6.07, 6.45) is 2.27. The number of carbonyl (C=O) groups excluding carboxylic acids is 2. The van der Waals surface area contributed by atoms with E-state index in [9.17, 15) is 14.7 Å². The molecule has 2 fully saturated rings. The van der Waals surface area contributed by atoms with Crippen molar-refractivity contribution in [3.63, 3.8) is 0 Å². The van der Waals surface area contributed by atoms with Gasteiger partial charge in [-0.2, -0.15) is 0 Å². The number of nitrogens with zero attached hydrogens (tertiary/aromatic N) is 1. The van der Waals surface area contributed by atoms with Gasteiger partial charge in [0.05, 0.1) is 5.60 Å². The molecule has 2 saturated heterocycles. The quantitative estimate of drug-likeness (QED) is 0.641. The van der Waals surface area contributed by atoms with E-state index in [4.69, 9.17) is 0 Å². The predicted molar refractivity (Wildman–Crippen MR) is 57.6 cm³/mol. The molecule has 0 aromatic heterocycles. The Balaban J connectivity index is 1.89. The lowest BCUT2D eigenvalue weighted by Gasteiger charge is -2.36. The topological polar surface area (TPSA) is 69.6 Å². The molecule has 0 aliphatic carbocycles. The average molecular weight is 226 g/mol. The van der Waals surface area contributed by atoms with Crippen LogP contribution in [0.3, 0.4) is 0 Å². The van der Waals surface area contributed by atoms with E-state index in [0.717, 1.165) is 0 Å². The lowest BCUT2D eigenvalue weighted by molar-refractivity contribution is -0.137. The van der Waals surface area contributed by atoms with Gasteiger partial charge in [0.2, 0.25) is 11.8 Å². The zero-order valence-corrected chi connectivity index (χ0v) is 9.53. The van der Waals surface area contributed by atoms with Gasteiger partial charge in [-0.05, 0) is 26.2 Å². The molecule has 2 amide bonds. The van der Waals surface area contributed by atoms with E-state index in [1.807, 2.05) is 0 Å². The lowest BCUT2D eigenvalue weighted by Crippen LogP contribution is -2.50. The van der Waals surface area contributed by atoms with Gasteiger partial charge in [-0.1, -0.05) is 0 Å². The standard InChI is InChI=1S/C11H18N2O3/c1-11(16)4-6-13(7-5-11)10(15)8-2-3-9(14)12-8/h8,16H,2-7H2,1H3,(H,12,14). The van der Waals surface area contributed by atoms with Crippen LogP contribution in [0.15, 0.2) is 0 Å². The molecule has 0 bridgehead atoms. The van der Waals surface area contributed by atoms with E-state index < -0.39 is 5.60 Å². The summed E-state index contributed by atoms with van der Waals surface area (Å²) in [6, 6.07) is -0.337. The summed E-state index contributed by atoms with van der Waals surface area (Å²) in [5.41, 5.74) is -0.643. The van der Waals surface area contributed by atoms with Crippen molar-refractivity contribution in [2.75, 3.05) is 13.1 Å². The Morgan fingerprint density at radius 2 is 2.12 bits per heavy atom. The van der Waals surface area contributed by atoms with Crippen LogP contribution in [0.2, 0.25) is 0 Å². The first-order valence-corrected chi connectivity index (χ1v) is 5.78. The molecule has 2 aliphatic heterocycles. The molecule has 2 aliphatic rings. The van der Waals surface area contributed by atoms with Crippen molar-refractivity contribution in [2.45, 2.75) is 44.2 Å². The number of piperidine rings is 1. The molecule has 0 saturated carbocycles. The molecule has 0 aromatic rings. The van der Waals surface area contributed by atoms with Gasteiger partial charge in [0.1, 0.15) is 6.04 Å². The second-order valence-corrected chi connectivity index (χ2v) is 4.98. The van der Waals surface area contributed by atoms with E-state index in [1.165, 1.54) is 0 Å².